The van der Waals surface area contributed by atoms with Crippen LogP contribution in [0.15, 0.2) is 12.1 Å². The number of anilines is 1. The lowest BCUT2D eigenvalue weighted by Crippen LogP contribution is -2.44. The molecule has 1 N–H and O–H groups in total. The molecular weight excluding hydrogens is 311 g/mol. The lowest BCUT2D eigenvalue weighted by atomic mass is 9.97. The average molecular weight is 335 g/mol. The smallest absolute Gasteiger partial charge is 0.170 e. The Kier molecular flexibility index (Phi) is 4.80. The van der Waals surface area contributed by atoms with E-state index in [9.17, 15) is 9.65 Å². The fourth-order valence-electron chi connectivity index (χ4n) is 3.06. The van der Waals surface area contributed by atoms with Gasteiger partial charge in [-0.25, -0.2) is 4.39 Å². The molecule has 0 bridgehead atoms. The topological polar surface area (TPSA) is 45.0 Å². The van der Waals surface area contributed by atoms with Gasteiger partial charge in [-0.2, -0.15) is 5.26 Å². The van der Waals surface area contributed by atoms with Crippen molar-refractivity contribution in [2.75, 3.05) is 11.9 Å². The zero-order valence-electron chi connectivity index (χ0n) is 13.9. The van der Waals surface area contributed by atoms with E-state index in [2.05, 4.69) is 45.3 Å². The summed E-state index contributed by atoms with van der Waals surface area (Å²) in [5.41, 5.74) is 1.90. The van der Waals surface area contributed by atoms with Gasteiger partial charge in [-0.1, -0.05) is 20.8 Å². The van der Waals surface area contributed by atoms with Crippen LogP contribution in [-0.4, -0.2) is 23.4 Å². The minimum absolute atomic E-state index is 0.115. The van der Waals surface area contributed by atoms with Crippen LogP contribution in [0.1, 0.15) is 44.4 Å². The van der Waals surface area contributed by atoms with Gasteiger partial charge < -0.3 is 9.74 Å². The highest BCUT2D eigenvalue weighted by molar-refractivity contribution is 7.21. The molecule has 0 aliphatic carbocycles. The third kappa shape index (κ3) is 4.18. The molecule has 1 aromatic carbocycles. The quantitative estimate of drug-likeness (QED) is 0.843. The van der Waals surface area contributed by atoms with Gasteiger partial charge in [0.25, 0.3) is 0 Å². The summed E-state index contributed by atoms with van der Waals surface area (Å²) in [7, 11) is -1.08. The molecule has 0 saturated heterocycles. The highest BCUT2D eigenvalue weighted by atomic mass is 29.2. The summed E-state index contributed by atoms with van der Waals surface area (Å²) < 4.78 is 20.3. The van der Waals surface area contributed by atoms with Crippen molar-refractivity contribution in [3.63, 3.8) is 0 Å². The summed E-state index contributed by atoms with van der Waals surface area (Å²) >= 11 is 0. The van der Waals surface area contributed by atoms with E-state index in [0.29, 0.717) is 5.56 Å². The second kappa shape index (κ2) is 6.15. The van der Waals surface area contributed by atoms with Crippen molar-refractivity contribution < 1.29 is 8.82 Å². The van der Waals surface area contributed by atoms with Gasteiger partial charge in [0, 0.05) is 12.1 Å². The zero-order chi connectivity index (χ0) is 16.5. The van der Waals surface area contributed by atoms with Crippen molar-refractivity contribution in [2.45, 2.75) is 51.4 Å². The fraction of sp³-hybridized carbons (Fsp3) is 0.562. The molecule has 1 heterocycles. The Labute approximate surface area is 135 Å². The number of nitrogens with one attached hydrogen (secondary N) is 1. The van der Waals surface area contributed by atoms with Crippen LogP contribution in [0.2, 0.25) is 18.1 Å². The Morgan fingerprint density at radius 1 is 1.41 bits per heavy atom. The molecule has 1 atom stereocenters. The van der Waals surface area contributed by atoms with Gasteiger partial charge in [0.15, 0.2) is 7.83 Å². The normalized spacial score (nSPS) is 18.3. The average Bonchev–Trinajstić information content (AvgIpc) is 2.35. The Morgan fingerprint density at radius 2 is 2.09 bits per heavy atom. The molecular formula is C16H23FN2OSi2. The van der Waals surface area contributed by atoms with Crippen molar-refractivity contribution in [3.05, 3.63) is 29.1 Å². The second-order valence-electron chi connectivity index (χ2n) is 7.24. The van der Waals surface area contributed by atoms with Crippen molar-refractivity contribution >= 4 is 22.6 Å². The van der Waals surface area contributed by atoms with E-state index in [1.807, 2.05) is 0 Å². The number of nitriles is 1. The summed E-state index contributed by atoms with van der Waals surface area (Å²) in [6.07, 6.45) is 0.697. The number of hydrogen-bond acceptors (Lipinski definition) is 3. The number of hydrogen-bond donors (Lipinski definition) is 1. The Morgan fingerprint density at radius 3 is 2.68 bits per heavy atom. The van der Waals surface area contributed by atoms with E-state index in [1.165, 1.54) is 12.1 Å². The molecule has 6 heteroatoms. The first-order chi connectivity index (χ1) is 10.1. The number of halogens is 1. The molecule has 0 fully saturated rings. The number of nitrogens with zero attached hydrogens (tertiary/aromatic N) is 1. The minimum atomic E-state index is -1.84. The van der Waals surface area contributed by atoms with E-state index in [1.54, 1.807) is 0 Å². The van der Waals surface area contributed by atoms with Crippen LogP contribution in [0.4, 0.5) is 10.1 Å². The summed E-state index contributed by atoms with van der Waals surface area (Å²) in [4.78, 5) is 0. The van der Waals surface area contributed by atoms with Crippen molar-refractivity contribution in [1.82, 2.24) is 0 Å². The molecule has 2 rings (SSSR count). The van der Waals surface area contributed by atoms with Crippen LogP contribution in [-0.2, 0) is 4.43 Å². The van der Waals surface area contributed by atoms with Crippen LogP contribution in [0.5, 0.6) is 0 Å². The molecule has 1 aliphatic rings. The van der Waals surface area contributed by atoms with Crippen LogP contribution in [0.25, 0.3) is 0 Å². The molecule has 118 valence electrons. The highest BCUT2D eigenvalue weighted by Gasteiger charge is 2.35. The lowest BCUT2D eigenvalue weighted by Gasteiger charge is -2.36. The first kappa shape index (κ1) is 17.2. The van der Waals surface area contributed by atoms with E-state index in [0.717, 1.165) is 33.3 Å². The van der Waals surface area contributed by atoms with Gasteiger partial charge in [-0.3, -0.25) is 0 Å². The first-order valence-electron chi connectivity index (χ1n) is 7.56. The van der Waals surface area contributed by atoms with E-state index >= 15 is 0 Å². The van der Waals surface area contributed by atoms with Crippen molar-refractivity contribution in [2.24, 2.45) is 0 Å². The van der Waals surface area contributed by atoms with Crippen molar-refractivity contribution in [3.8, 4) is 6.07 Å². The monoisotopic (exact) mass is 334 g/mol. The van der Waals surface area contributed by atoms with Crippen molar-refractivity contribution in [1.29, 1.82) is 5.26 Å². The fourth-order valence-corrected chi connectivity index (χ4v) is 11.9. The minimum Gasteiger partial charge on any atom is -0.414 e. The third-order valence-corrected chi connectivity index (χ3v) is 10.1. The Balaban J connectivity index is 2.30. The standard InChI is InChI=1S/C16H23FN2OSi2/c1-16(2,3)21-22(4,5)20-14-6-7-19-15-11(10-18)8-12(17)9-13(14)15/h8-9,14,19H,6-7H2,1-5H3. The summed E-state index contributed by atoms with van der Waals surface area (Å²) in [6, 6.07) is 4.87. The number of fused-ring (bicyclic) bond motifs is 1. The number of benzene rings is 1. The van der Waals surface area contributed by atoms with Crippen LogP contribution in [0, 0.1) is 17.1 Å². The molecule has 1 unspecified atom stereocenters. The predicted octanol–water partition coefficient (Wildman–Crippen LogP) is 4.20. The van der Waals surface area contributed by atoms with Gasteiger partial charge in [0.05, 0.1) is 26.4 Å². The molecule has 0 spiro atoms. The Bertz CT molecular complexity index is 605. The molecule has 0 amide bonds. The molecule has 2 radical (unpaired) electrons. The lowest BCUT2D eigenvalue weighted by molar-refractivity contribution is 0.193. The van der Waals surface area contributed by atoms with Gasteiger partial charge in [-0.15, -0.1) is 0 Å². The van der Waals surface area contributed by atoms with E-state index < -0.39 is 7.83 Å². The Hall–Kier alpha value is -1.17. The second-order valence-corrected chi connectivity index (χ2v) is 16.6. The van der Waals surface area contributed by atoms with Crippen LogP contribution < -0.4 is 5.32 Å². The van der Waals surface area contributed by atoms with Crippen LogP contribution >= 0.6 is 0 Å². The summed E-state index contributed by atoms with van der Waals surface area (Å²) in [6.45, 7) is 11.9. The van der Waals surface area contributed by atoms with Crippen LogP contribution in [0.3, 0.4) is 0 Å². The van der Waals surface area contributed by atoms with E-state index in [-0.39, 0.29) is 17.0 Å². The summed E-state index contributed by atoms with van der Waals surface area (Å²) in [5, 5.41) is 12.7. The molecule has 1 aromatic rings. The zero-order valence-corrected chi connectivity index (χ0v) is 15.9. The first-order valence-corrected chi connectivity index (χ1v) is 12.5. The third-order valence-electron chi connectivity index (χ3n) is 3.42. The van der Waals surface area contributed by atoms with Gasteiger partial charge in [0.1, 0.15) is 11.9 Å². The maximum absolute atomic E-state index is 13.8. The molecule has 0 saturated carbocycles. The van der Waals surface area contributed by atoms with E-state index in [4.69, 9.17) is 4.43 Å². The summed E-state index contributed by atoms with van der Waals surface area (Å²) in [5.74, 6) is -0.370. The molecule has 3 nitrogen and oxygen atoms in total. The molecule has 1 aliphatic heterocycles. The largest absolute Gasteiger partial charge is 0.414 e. The maximum atomic E-state index is 13.8. The van der Waals surface area contributed by atoms with Gasteiger partial charge in [-0.05, 0) is 36.7 Å². The predicted molar refractivity (Wildman–Crippen MR) is 91.0 cm³/mol. The molecule has 22 heavy (non-hydrogen) atoms. The number of rotatable bonds is 3. The SMILES string of the molecule is CC(C)(C)[Si][Si](C)(C)OC1CCNc2c(C#N)cc(F)cc21. The molecule has 0 aromatic heterocycles. The maximum Gasteiger partial charge on any atom is 0.170 e. The van der Waals surface area contributed by atoms with Gasteiger partial charge in [0.2, 0.25) is 0 Å². The van der Waals surface area contributed by atoms with Gasteiger partial charge >= 0.3 is 0 Å². The highest BCUT2D eigenvalue weighted by Crippen LogP contribution is 2.38.